The van der Waals surface area contributed by atoms with Gasteiger partial charge in [-0.15, -0.1) is 0 Å². The molecular formula is C20H22ClNO3. The molecule has 0 aliphatic rings. The molecule has 2 aromatic carbocycles. The zero-order valence-electron chi connectivity index (χ0n) is 14.4. The van der Waals surface area contributed by atoms with E-state index >= 15 is 0 Å². The van der Waals surface area contributed by atoms with Crippen LogP contribution in [0.15, 0.2) is 54.6 Å². The summed E-state index contributed by atoms with van der Waals surface area (Å²) in [6.07, 6.45) is 0.820. The molecule has 0 bridgehead atoms. The summed E-state index contributed by atoms with van der Waals surface area (Å²) in [6.45, 7) is 3.61. The minimum atomic E-state index is -0.910. The number of carbonyl (C=O) groups excluding carboxylic acids is 2. The monoisotopic (exact) mass is 359 g/mol. The van der Waals surface area contributed by atoms with Crippen LogP contribution in [0, 0.1) is 0 Å². The van der Waals surface area contributed by atoms with Crippen LogP contribution in [0.2, 0.25) is 5.02 Å². The summed E-state index contributed by atoms with van der Waals surface area (Å²) in [4.78, 5) is 24.6. The van der Waals surface area contributed by atoms with Crippen molar-refractivity contribution < 1.29 is 14.3 Å². The van der Waals surface area contributed by atoms with E-state index in [2.05, 4.69) is 12.2 Å². The molecule has 0 aromatic heterocycles. The molecular weight excluding hydrogens is 338 g/mol. The van der Waals surface area contributed by atoms with Gasteiger partial charge >= 0.3 is 5.97 Å². The molecule has 2 rings (SSSR count). The Labute approximate surface area is 153 Å². The minimum absolute atomic E-state index is 0.111. The Morgan fingerprint density at radius 1 is 1.08 bits per heavy atom. The molecule has 4 nitrogen and oxygen atoms in total. The number of rotatable bonds is 7. The fourth-order valence-electron chi connectivity index (χ4n) is 2.49. The predicted octanol–water partition coefficient (Wildman–Crippen LogP) is 4.54. The first kappa shape index (κ1) is 19.0. The van der Waals surface area contributed by atoms with E-state index in [-0.39, 0.29) is 17.5 Å². The minimum Gasteiger partial charge on any atom is -0.449 e. The molecule has 2 aromatic rings. The van der Waals surface area contributed by atoms with Crippen LogP contribution in [0.4, 0.5) is 0 Å². The van der Waals surface area contributed by atoms with E-state index < -0.39 is 12.1 Å². The Kier molecular flexibility index (Phi) is 7.02. The number of nitrogens with one attached hydrogen (secondary N) is 1. The van der Waals surface area contributed by atoms with Crippen LogP contribution in [-0.4, -0.2) is 18.0 Å². The van der Waals surface area contributed by atoms with Crippen molar-refractivity contribution in [2.24, 2.45) is 0 Å². The van der Waals surface area contributed by atoms with Gasteiger partial charge in [0.25, 0.3) is 5.91 Å². The highest BCUT2D eigenvalue weighted by atomic mass is 35.5. The lowest BCUT2D eigenvalue weighted by atomic mass is 10.0. The summed E-state index contributed by atoms with van der Waals surface area (Å²) in [5.41, 5.74) is 1.28. The van der Waals surface area contributed by atoms with Crippen LogP contribution in [0.5, 0.6) is 0 Å². The van der Waals surface area contributed by atoms with E-state index in [1.807, 2.05) is 30.3 Å². The first-order valence-corrected chi connectivity index (χ1v) is 8.71. The van der Waals surface area contributed by atoms with Gasteiger partial charge in [0.1, 0.15) is 0 Å². The SMILES string of the molecule is CCCC(NC(=O)C(C)OC(=O)c1ccccc1Cl)c1ccccc1. The molecule has 25 heavy (non-hydrogen) atoms. The van der Waals surface area contributed by atoms with Gasteiger partial charge in [-0.1, -0.05) is 67.4 Å². The molecule has 132 valence electrons. The Balaban J connectivity index is 2.01. The Bertz CT molecular complexity index is 718. The van der Waals surface area contributed by atoms with Crippen molar-refractivity contribution in [2.45, 2.75) is 38.8 Å². The second kappa shape index (κ2) is 9.23. The zero-order valence-corrected chi connectivity index (χ0v) is 15.1. The number of halogens is 1. The van der Waals surface area contributed by atoms with Crippen LogP contribution in [0.3, 0.4) is 0 Å². The largest absolute Gasteiger partial charge is 0.449 e. The summed E-state index contributed by atoms with van der Waals surface area (Å²) in [5.74, 6) is -0.942. The number of esters is 1. The Morgan fingerprint density at radius 2 is 1.72 bits per heavy atom. The van der Waals surface area contributed by atoms with Gasteiger partial charge in [0.05, 0.1) is 16.6 Å². The molecule has 0 aliphatic carbocycles. The number of ether oxygens (including phenoxy) is 1. The third-order valence-corrected chi connectivity index (χ3v) is 4.17. The summed E-state index contributed by atoms with van der Waals surface area (Å²) in [6, 6.07) is 16.2. The molecule has 0 heterocycles. The topological polar surface area (TPSA) is 55.4 Å². The normalized spacial score (nSPS) is 12.9. The first-order chi connectivity index (χ1) is 12.0. The van der Waals surface area contributed by atoms with Crippen LogP contribution < -0.4 is 5.32 Å². The van der Waals surface area contributed by atoms with Crippen LogP contribution >= 0.6 is 11.6 Å². The van der Waals surface area contributed by atoms with Gasteiger partial charge in [-0.05, 0) is 31.0 Å². The molecule has 0 spiro atoms. The molecule has 2 atom stereocenters. The van der Waals surface area contributed by atoms with Crippen LogP contribution in [-0.2, 0) is 9.53 Å². The maximum Gasteiger partial charge on any atom is 0.340 e. The summed E-state index contributed by atoms with van der Waals surface area (Å²) in [5, 5.41) is 3.26. The molecule has 0 saturated carbocycles. The summed E-state index contributed by atoms with van der Waals surface area (Å²) < 4.78 is 5.26. The second-order valence-corrected chi connectivity index (χ2v) is 6.20. The highest BCUT2D eigenvalue weighted by Crippen LogP contribution is 2.19. The fourth-order valence-corrected chi connectivity index (χ4v) is 2.70. The number of hydrogen-bond acceptors (Lipinski definition) is 3. The van der Waals surface area contributed by atoms with Crippen LogP contribution in [0.1, 0.15) is 48.7 Å². The van der Waals surface area contributed by atoms with Gasteiger partial charge in [-0.2, -0.15) is 0 Å². The molecule has 0 saturated heterocycles. The summed E-state index contributed by atoms with van der Waals surface area (Å²) in [7, 11) is 0. The fraction of sp³-hybridized carbons (Fsp3) is 0.300. The van der Waals surface area contributed by atoms with E-state index in [1.54, 1.807) is 31.2 Å². The molecule has 1 amide bonds. The molecule has 1 N–H and O–H groups in total. The van der Waals surface area contributed by atoms with Gasteiger partial charge in [-0.3, -0.25) is 4.79 Å². The lowest BCUT2D eigenvalue weighted by molar-refractivity contribution is -0.129. The molecule has 0 radical (unpaired) electrons. The van der Waals surface area contributed by atoms with Crippen molar-refractivity contribution in [3.63, 3.8) is 0 Å². The molecule has 5 heteroatoms. The van der Waals surface area contributed by atoms with Gasteiger partial charge in [0.2, 0.25) is 0 Å². The molecule has 0 aliphatic heterocycles. The van der Waals surface area contributed by atoms with E-state index in [9.17, 15) is 9.59 Å². The number of hydrogen-bond donors (Lipinski definition) is 1. The van der Waals surface area contributed by atoms with Crippen LogP contribution in [0.25, 0.3) is 0 Å². The first-order valence-electron chi connectivity index (χ1n) is 8.33. The van der Waals surface area contributed by atoms with E-state index in [0.717, 1.165) is 18.4 Å². The highest BCUT2D eigenvalue weighted by Gasteiger charge is 2.23. The third kappa shape index (κ3) is 5.33. The molecule has 0 fully saturated rings. The van der Waals surface area contributed by atoms with Gasteiger partial charge in [0.15, 0.2) is 6.10 Å². The van der Waals surface area contributed by atoms with Gasteiger partial charge in [-0.25, -0.2) is 4.79 Å². The number of benzene rings is 2. The molecule has 2 unspecified atom stereocenters. The third-order valence-electron chi connectivity index (χ3n) is 3.84. The lowest BCUT2D eigenvalue weighted by Gasteiger charge is -2.21. The zero-order chi connectivity index (χ0) is 18.2. The maximum atomic E-state index is 12.4. The second-order valence-electron chi connectivity index (χ2n) is 5.79. The van der Waals surface area contributed by atoms with E-state index in [1.165, 1.54) is 0 Å². The van der Waals surface area contributed by atoms with Crippen molar-refractivity contribution >= 4 is 23.5 Å². The smallest absolute Gasteiger partial charge is 0.340 e. The lowest BCUT2D eigenvalue weighted by Crippen LogP contribution is -2.38. The maximum absolute atomic E-state index is 12.4. The number of amides is 1. The average molecular weight is 360 g/mol. The van der Waals surface area contributed by atoms with Gasteiger partial charge < -0.3 is 10.1 Å². The predicted molar refractivity (Wildman–Crippen MR) is 98.6 cm³/mol. The quantitative estimate of drug-likeness (QED) is 0.738. The van der Waals surface area contributed by atoms with Crippen molar-refractivity contribution in [3.05, 3.63) is 70.7 Å². The van der Waals surface area contributed by atoms with E-state index in [0.29, 0.717) is 5.02 Å². The highest BCUT2D eigenvalue weighted by molar-refractivity contribution is 6.33. The van der Waals surface area contributed by atoms with Crippen molar-refractivity contribution in [1.29, 1.82) is 0 Å². The number of carbonyl (C=O) groups is 2. The van der Waals surface area contributed by atoms with E-state index in [4.69, 9.17) is 16.3 Å². The Morgan fingerprint density at radius 3 is 2.36 bits per heavy atom. The standard InChI is InChI=1S/C20H22ClNO3/c1-3-9-18(15-10-5-4-6-11-15)22-19(23)14(2)25-20(24)16-12-7-8-13-17(16)21/h4-8,10-14,18H,3,9H2,1-2H3,(H,22,23). The van der Waals surface area contributed by atoms with Crippen molar-refractivity contribution in [3.8, 4) is 0 Å². The summed E-state index contributed by atoms with van der Waals surface area (Å²) >= 11 is 5.99. The average Bonchev–Trinajstić information content (AvgIpc) is 2.62. The van der Waals surface area contributed by atoms with Crippen molar-refractivity contribution in [1.82, 2.24) is 5.32 Å². The Hall–Kier alpha value is -2.33. The van der Waals surface area contributed by atoms with Crippen molar-refractivity contribution in [2.75, 3.05) is 0 Å². The van der Waals surface area contributed by atoms with Gasteiger partial charge in [0, 0.05) is 0 Å².